The summed E-state index contributed by atoms with van der Waals surface area (Å²) >= 11 is 3.28. The number of fused-ring (bicyclic) bond motifs is 1. The van der Waals surface area contributed by atoms with E-state index in [0.29, 0.717) is 39.9 Å². The van der Waals surface area contributed by atoms with Crippen molar-refractivity contribution in [2.75, 3.05) is 5.32 Å². The van der Waals surface area contributed by atoms with Crippen LogP contribution in [0.25, 0.3) is 0 Å². The Kier molecular flexibility index (Phi) is 5.66. The van der Waals surface area contributed by atoms with E-state index in [0.717, 1.165) is 0 Å². The number of primary amides is 1. The first-order valence-electron chi connectivity index (χ1n) is 8.98. The second-order valence-electron chi connectivity index (χ2n) is 7.78. The fourth-order valence-electron chi connectivity index (χ4n) is 3.45. The van der Waals surface area contributed by atoms with E-state index >= 15 is 0 Å². The van der Waals surface area contributed by atoms with Crippen LogP contribution in [0, 0.1) is 22.5 Å². The van der Waals surface area contributed by atoms with Gasteiger partial charge in [-0.2, -0.15) is 5.10 Å². The Morgan fingerprint density at radius 2 is 2.03 bits per heavy atom. The molecule has 1 aromatic heterocycles. The SMILES string of the molecule is Cc1c(C(=O)Nc2cc([N+](=O)[O-])ccc2Br)oc2c1/C(=N\NC(N)=O)CC(C)(C)C2. The molecule has 0 bridgehead atoms. The molecule has 11 heteroatoms. The van der Waals surface area contributed by atoms with E-state index in [-0.39, 0.29) is 22.6 Å². The maximum Gasteiger partial charge on any atom is 0.332 e. The van der Waals surface area contributed by atoms with Gasteiger partial charge in [0.05, 0.1) is 16.3 Å². The third-order valence-electron chi connectivity index (χ3n) is 4.71. The Morgan fingerprint density at radius 1 is 1.33 bits per heavy atom. The molecule has 0 fully saturated rings. The van der Waals surface area contributed by atoms with E-state index in [2.05, 4.69) is 31.8 Å². The monoisotopic (exact) mass is 477 g/mol. The summed E-state index contributed by atoms with van der Waals surface area (Å²) < 4.78 is 6.37. The molecule has 3 rings (SSSR count). The second-order valence-corrected chi connectivity index (χ2v) is 8.64. The zero-order valence-corrected chi connectivity index (χ0v) is 18.1. The van der Waals surface area contributed by atoms with Gasteiger partial charge in [0.25, 0.3) is 11.6 Å². The normalized spacial score (nSPS) is 16.1. The van der Waals surface area contributed by atoms with Gasteiger partial charge in [0.1, 0.15) is 5.76 Å². The summed E-state index contributed by atoms with van der Waals surface area (Å²) in [4.78, 5) is 34.5. The first-order valence-corrected chi connectivity index (χ1v) is 9.78. The van der Waals surface area contributed by atoms with Crippen LogP contribution in [0.2, 0.25) is 0 Å². The zero-order valence-electron chi connectivity index (χ0n) is 16.5. The van der Waals surface area contributed by atoms with Crippen molar-refractivity contribution in [2.24, 2.45) is 16.3 Å². The number of hydrogen-bond donors (Lipinski definition) is 3. The van der Waals surface area contributed by atoms with Gasteiger partial charge in [0, 0.05) is 34.2 Å². The van der Waals surface area contributed by atoms with Crippen LogP contribution in [-0.4, -0.2) is 22.6 Å². The summed E-state index contributed by atoms with van der Waals surface area (Å²) in [7, 11) is 0. The number of benzene rings is 1. The number of furan rings is 1. The summed E-state index contributed by atoms with van der Waals surface area (Å²) in [6.45, 7) is 5.76. The third kappa shape index (κ3) is 4.35. The van der Waals surface area contributed by atoms with Crippen LogP contribution in [0.15, 0.2) is 32.2 Å². The first-order chi connectivity index (χ1) is 14.0. The lowest BCUT2D eigenvalue weighted by atomic mass is 9.75. The Morgan fingerprint density at radius 3 is 2.67 bits per heavy atom. The van der Waals surface area contributed by atoms with Crippen molar-refractivity contribution >= 4 is 45.0 Å². The number of non-ortho nitro benzene ring substituents is 1. The largest absolute Gasteiger partial charge is 0.455 e. The van der Waals surface area contributed by atoms with E-state index < -0.39 is 16.9 Å². The molecule has 1 aliphatic carbocycles. The van der Waals surface area contributed by atoms with E-state index in [1.165, 1.54) is 18.2 Å². The van der Waals surface area contributed by atoms with Crippen LogP contribution in [0.4, 0.5) is 16.2 Å². The lowest BCUT2D eigenvalue weighted by Crippen LogP contribution is -2.31. The first kappa shape index (κ1) is 21.5. The van der Waals surface area contributed by atoms with Gasteiger partial charge in [-0.1, -0.05) is 13.8 Å². The average Bonchev–Trinajstić information content (AvgIpc) is 2.96. The zero-order chi connectivity index (χ0) is 22.2. The highest BCUT2D eigenvalue weighted by molar-refractivity contribution is 9.10. The molecule has 158 valence electrons. The number of hydrogen-bond acceptors (Lipinski definition) is 6. The Bertz CT molecular complexity index is 1090. The fraction of sp³-hybridized carbons (Fsp3) is 0.316. The smallest absolute Gasteiger partial charge is 0.332 e. The van der Waals surface area contributed by atoms with E-state index in [9.17, 15) is 19.7 Å². The number of anilines is 1. The molecule has 30 heavy (non-hydrogen) atoms. The summed E-state index contributed by atoms with van der Waals surface area (Å²) in [5.41, 5.74) is 9.03. The number of nitro groups is 1. The van der Waals surface area contributed by atoms with Gasteiger partial charge in [-0.25, -0.2) is 10.2 Å². The molecule has 10 nitrogen and oxygen atoms in total. The number of nitrogens with two attached hydrogens (primary N) is 1. The number of carbonyl (C=O) groups excluding carboxylic acids is 2. The number of carbonyl (C=O) groups is 2. The molecule has 3 amide bonds. The van der Waals surface area contributed by atoms with Crippen LogP contribution >= 0.6 is 15.9 Å². The van der Waals surface area contributed by atoms with Crippen LogP contribution in [0.5, 0.6) is 0 Å². The molecule has 4 N–H and O–H groups in total. The lowest BCUT2D eigenvalue weighted by molar-refractivity contribution is -0.384. The van der Waals surface area contributed by atoms with Crippen molar-refractivity contribution in [1.82, 2.24) is 5.43 Å². The summed E-state index contributed by atoms with van der Waals surface area (Å²) in [6.07, 6.45) is 1.13. The number of rotatable bonds is 4. The van der Waals surface area contributed by atoms with E-state index in [4.69, 9.17) is 10.2 Å². The maximum atomic E-state index is 12.9. The number of urea groups is 1. The van der Waals surface area contributed by atoms with Crippen LogP contribution in [0.3, 0.4) is 0 Å². The Hall–Kier alpha value is -3.21. The van der Waals surface area contributed by atoms with Gasteiger partial charge in [-0.05, 0) is 40.8 Å². The number of nitro benzene ring substituents is 1. The van der Waals surface area contributed by atoms with Gasteiger partial charge in [-0.3, -0.25) is 14.9 Å². The topological polar surface area (TPSA) is 153 Å². The molecule has 1 aliphatic rings. The lowest BCUT2D eigenvalue weighted by Gasteiger charge is -2.29. The molecule has 0 saturated carbocycles. The van der Waals surface area contributed by atoms with Crippen molar-refractivity contribution in [3.8, 4) is 0 Å². The summed E-state index contributed by atoms with van der Waals surface area (Å²) in [5.74, 6) is 0.100. The minimum Gasteiger partial charge on any atom is -0.455 e. The molecule has 1 aromatic carbocycles. The Balaban J connectivity index is 1.98. The van der Waals surface area contributed by atoms with Crippen molar-refractivity contribution < 1.29 is 18.9 Å². The molecule has 0 radical (unpaired) electrons. The highest BCUT2D eigenvalue weighted by atomic mass is 79.9. The van der Waals surface area contributed by atoms with Gasteiger partial charge < -0.3 is 15.5 Å². The third-order valence-corrected chi connectivity index (χ3v) is 5.40. The minimum absolute atomic E-state index is 0.0721. The van der Waals surface area contributed by atoms with Crippen LogP contribution in [0.1, 0.15) is 47.7 Å². The molecule has 0 aliphatic heterocycles. The molecule has 0 spiro atoms. The predicted octanol–water partition coefficient (Wildman–Crippen LogP) is 3.86. The van der Waals surface area contributed by atoms with E-state index in [1.807, 2.05) is 13.8 Å². The van der Waals surface area contributed by atoms with Crippen molar-refractivity contribution in [2.45, 2.75) is 33.6 Å². The van der Waals surface area contributed by atoms with Gasteiger partial charge in [0.15, 0.2) is 5.76 Å². The molecule has 0 unspecified atom stereocenters. The summed E-state index contributed by atoms with van der Waals surface area (Å²) in [5, 5.41) is 17.8. The van der Waals surface area contributed by atoms with Gasteiger partial charge in [-0.15, -0.1) is 0 Å². The highest BCUT2D eigenvalue weighted by Crippen LogP contribution is 2.39. The molecular weight excluding hydrogens is 458 g/mol. The maximum absolute atomic E-state index is 12.9. The van der Waals surface area contributed by atoms with E-state index in [1.54, 1.807) is 6.92 Å². The molecular formula is C19H20BrN5O5. The molecule has 1 heterocycles. The van der Waals surface area contributed by atoms with Crippen molar-refractivity contribution in [1.29, 1.82) is 0 Å². The Labute approximate surface area is 180 Å². The molecule has 0 saturated heterocycles. The van der Waals surface area contributed by atoms with Crippen molar-refractivity contribution in [3.63, 3.8) is 0 Å². The standard InChI is InChI=1S/C19H20BrN5O5/c1-9-15-13(23-24-18(21)27)7-19(2,3)8-14(15)30-16(9)17(26)22-12-6-10(25(28)29)4-5-11(12)20/h4-6H,7-8H2,1-3H3,(H,22,26)(H3,21,24,27)/b23-13-. The number of hydrazone groups is 1. The molecule has 2 aromatic rings. The van der Waals surface area contributed by atoms with Gasteiger partial charge >= 0.3 is 6.03 Å². The predicted molar refractivity (Wildman–Crippen MR) is 114 cm³/mol. The summed E-state index contributed by atoms with van der Waals surface area (Å²) in [6, 6.07) is 3.28. The second kappa shape index (κ2) is 7.90. The van der Waals surface area contributed by atoms with Crippen LogP contribution in [-0.2, 0) is 6.42 Å². The average molecular weight is 478 g/mol. The highest BCUT2D eigenvalue weighted by Gasteiger charge is 2.36. The number of halogens is 1. The van der Waals surface area contributed by atoms with Gasteiger partial charge in [0.2, 0.25) is 0 Å². The fourth-order valence-corrected chi connectivity index (χ4v) is 3.80. The number of nitrogens with zero attached hydrogens (tertiary/aromatic N) is 2. The van der Waals surface area contributed by atoms with Crippen LogP contribution < -0.4 is 16.5 Å². The molecule has 0 atom stereocenters. The number of amides is 3. The quantitative estimate of drug-likeness (QED) is 0.450. The number of nitrogens with one attached hydrogen (secondary N) is 2. The minimum atomic E-state index is -0.790. The van der Waals surface area contributed by atoms with Crippen molar-refractivity contribution in [3.05, 3.63) is 55.4 Å².